The predicted octanol–water partition coefficient (Wildman–Crippen LogP) is 3.07. The third kappa shape index (κ3) is 6.57. The Balaban J connectivity index is 1.35. The molecule has 1 heterocycles. The molecule has 0 saturated carbocycles. The monoisotopic (exact) mass is 437 g/mol. The first-order valence-electron chi connectivity index (χ1n) is 11.0. The average molecular weight is 438 g/mol. The lowest BCUT2D eigenvalue weighted by Gasteiger charge is -2.31. The Hall–Kier alpha value is -3.35. The second-order valence-electron chi connectivity index (χ2n) is 8.10. The zero-order valence-corrected chi connectivity index (χ0v) is 18.7. The van der Waals surface area contributed by atoms with E-state index in [4.69, 9.17) is 4.74 Å². The number of carbonyl (C=O) groups excluding carboxylic acids is 3. The number of nitrogens with one attached hydrogen (secondary N) is 2. The van der Waals surface area contributed by atoms with Gasteiger partial charge in [0.1, 0.15) is 5.75 Å². The fourth-order valence-electron chi connectivity index (χ4n) is 3.83. The van der Waals surface area contributed by atoms with Gasteiger partial charge in [0.05, 0.1) is 19.6 Å². The van der Waals surface area contributed by atoms with Crippen molar-refractivity contribution >= 4 is 23.4 Å². The first-order valence-corrected chi connectivity index (χ1v) is 11.0. The van der Waals surface area contributed by atoms with Crippen LogP contribution in [0.4, 0.5) is 5.69 Å². The number of hydrogen-bond acceptors (Lipinski definition) is 4. The minimum Gasteiger partial charge on any atom is -0.493 e. The van der Waals surface area contributed by atoms with Gasteiger partial charge in [-0.3, -0.25) is 14.4 Å². The molecule has 0 atom stereocenters. The van der Waals surface area contributed by atoms with Crippen molar-refractivity contribution in [2.75, 3.05) is 31.6 Å². The highest BCUT2D eigenvalue weighted by molar-refractivity contribution is 5.96. The minimum atomic E-state index is -0.248. The molecule has 0 aliphatic carbocycles. The van der Waals surface area contributed by atoms with Gasteiger partial charge in [0, 0.05) is 24.7 Å². The van der Waals surface area contributed by atoms with Gasteiger partial charge in [-0.15, -0.1) is 0 Å². The maximum absolute atomic E-state index is 12.5. The van der Waals surface area contributed by atoms with Crippen molar-refractivity contribution in [2.45, 2.75) is 33.1 Å². The maximum Gasteiger partial charge on any atom is 0.243 e. The van der Waals surface area contributed by atoms with Crippen LogP contribution in [-0.2, 0) is 14.4 Å². The van der Waals surface area contributed by atoms with Crippen molar-refractivity contribution < 1.29 is 19.1 Å². The lowest BCUT2D eigenvalue weighted by Crippen LogP contribution is -2.44. The summed E-state index contributed by atoms with van der Waals surface area (Å²) >= 11 is 0. The number of aryl methyl sites for hydroxylation is 2. The van der Waals surface area contributed by atoms with Gasteiger partial charge in [0.2, 0.25) is 17.7 Å². The van der Waals surface area contributed by atoms with E-state index in [-0.39, 0.29) is 30.2 Å². The summed E-state index contributed by atoms with van der Waals surface area (Å²) in [5, 5.41) is 5.61. The molecule has 1 fully saturated rings. The molecule has 3 amide bonds. The fourth-order valence-corrected chi connectivity index (χ4v) is 3.83. The van der Waals surface area contributed by atoms with Crippen molar-refractivity contribution in [3.63, 3.8) is 0 Å². The van der Waals surface area contributed by atoms with Crippen LogP contribution in [0.2, 0.25) is 0 Å². The lowest BCUT2D eigenvalue weighted by molar-refractivity contribution is -0.136. The van der Waals surface area contributed by atoms with E-state index in [1.54, 1.807) is 4.90 Å². The largest absolute Gasteiger partial charge is 0.493 e. The molecular formula is C25H31N3O4. The van der Waals surface area contributed by atoms with Gasteiger partial charge in [0.15, 0.2) is 0 Å². The van der Waals surface area contributed by atoms with Crippen LogP contribution in [0.1, 0.15) is 30.4 Å². The van der Waals surface area contributed by atoms with E-state index in [1.807, 2.05) is 62.4 Å². The van der Waals surface area contributed by atoms with Gasteiger partial charge < -0.3 is 20.3 Å². The highest BCUT2D eigenvalue weighted by Crippen LogP contribution is 2.20. The van der Waals surface area contributed by atoms with Gasteiger partial charge >= 0.3 is 0 Å². The molecule has 1 aliphatic rings. The van der Waals surface area contributed by atoms with Crippen LogP contribution in [0.3, 0.4) is 0 Å². The SMILES string of the molecule is Cc1cccc(C)c1NC(=O)CNC(=O)C1CCN(C(=O)CCOc2ccccc2)CC1. The third-order valence-electron chi connectivity index (χ3n) is 5.72. The normalized spacial score (nSPS) is 14.0. The number of para-hydroxylation sites is 2. The quantitative estimate of drug-likeness (QED) is 0.664. The van der Waals surface area contributed by atoms with E-state index in [2.05, 4.69) is 10.6 Å². The summed E-state index contributed by atoms with van der Waals surface area (Å²) in [7, 11) is 0. The molecule has 7 heteroatoms. The molecule has 0 bridgehead atoms. The van der Waals surface area contributed by atoms with Gasteiger partial charge in [-0.1, -0.05) is 36.4 Å². The highest BCUT2D eigenvalue weighted by atomic mass is 16.5. The van der Waals surface area contributed by atoms with E-state index in [9.17, 15) is 14.4 Å². The van der Waals surface area contributed by atoms with Crippen LogP contribution in [0.25, 0.3) is 0 Å². The van der Waals surface area contributed by atoms with Crippen LogP contribution >= 0.6 is 0 Å². The number of hydrogen-bond donors (Lipinski definition) is 2. The highest BCUT2D eigenvalue weighted by Gasteiger charge is 2.27. The van der Waals surface area contributed by atoms with Crippen molar-refractivity contribution in [2.24, 2.45) is 5.92 Å². The summed E-state index contributed by atoms with van der Waals surface area (Å²) in [6, 6.07) is 15.2. The topological polar surface area (TPSA) is 87.7 Å². The van der Waals surface area contributed by atoms with E-state index < -0.39 is 0 Å². The Bertz CT molecular complexity index is 917. The molecule has 0 aromatic heterocycles. The van der Waals surface area contributed by atoms with Gasteiger partial charge in [-0.25, -0.2) is 0 Å². The van der Waals surface area contributed by atoms with Crippen LogP contribution in [0.15, 0.2) is 48.5 Å². The Morgan fingerprint density at radius 2 is 1.62 bits per heavy atom. The number of anilines is 1. The molecule has 3 rings (SSSR count). The molecule has 2 aromatic rings. The van der Waals surface area contributed by atoms with Crippen LogP contribution < -0.4 is 15.4 Å². The third-order valence-corrected chi connectivity index (χ3v) is 5.72. The van der Waals surface area contributed by atoms with E-state index in [0.717, 1.165) is 22.6 Å². The Morgan fingerprint density at radius 3 is 2.28 bits per heavy atom. The molecular weight excluding hydrogens is 406 g/mol. The van der Waals surface area contributed by atoms with Crippen molar-refractivity contribution in [1.29, 1.82) is 0 Å². The van der Waals surface area contributed by atoms with Crippen LogP contribution in [0, 0.1) is 19.8 Å². The van der Waals surface area contributed by atoms with E-state index in [1.165, 1.54) is 0 Å². The first-order chi connectivity index (χ1) is 15.4. The number of likely N-dealkylation sites (tertiary alicyclic amines) is 1. The number of rotatable bonds is 8. The Kier molecular flexibility index (Phi) is 8.25. The van der Waals surface area contributed by atoms with Crippen molar-refractivity contribution in [3.8, 4) is 5.75 Å². The van der Waals surface area contributed by atoms with Crippen molar-refractivity contribution in [3.05, 3.63) is 59.7 Å². The van der Waals surface area contributed by atoms with Crippen LogP contribution in [-0.4, -0.2) is 48.9 Å². The van der Waals surface area contributed by atoms with Crippen molar-refractivity contribution in [1.82, 2.24) is 10.2 Å². The van der Waals surface area contributed by atoms with Gasteiger partial charge in [-0.2, -0.15) is 0 Å². The summed E-state index contributed by atoms with van der Waals surface area (Å²) in [5.74, 6) is 0.209. The standard InChI is InChI=1S/C25H31N3O4/c1-18-7-6-8-19(2)24(18)27-22(29)17-26-25(31)20-11-14-28(15-12-20)23(30)13-16-32-21-9-4-3-5-10-21/h3-10,20H,11-17H2,1-2H3,(H,26,31)(H,27,29). The molecule has 32 heavy (non-hydrogen) atoms. The minimum absolute atomic E-state index is 0.0350. The Labute approximate surface area is 189 Å². The summed E-state index contributed by atoms with van der Waals surface area (Å²) in [6.07, 6.45) is 1.50. The zero-order valence-electron chi connectivity index (χ0n) is 18.7. The number of piperidine rings is 1. The number of amides is 3. The van der Waals surface area contributed by atoms with E-state index >= 15 is 0 Å². The zero-order chi connectivity index (χ0) is 22.9. The average Bonchev–Trinajstić information content (AvgIpc) is 2.80. The second kappa shape index (κ2) is 11.3. The molecule has 2 aromatic carbocycles. The fraction of sp³-hybridized carbons (Fsp3) is 0.400. The molecule has 1 aliphatic heterocycles. The number of carbonyl (C=O) groups is 3. The lowest BCUT2D eigenvalue weighted by atomic mass is 9.95. The number of ether oxygens (including phenoxy) is 1. The maximum atomic E-state index is 12.5. The second-order valence-corrected chi connectivity index (χ2v) is 8.10. The Morgan fingerprint density at radius 1 is 0.969 bits per heavy atom. The molecule has 7 nitrogen and oxygen atoms in total. The van der Waals surface area contributed by atoms with Gasteiger partial charge in [0.25, 0.3) is 0 Å². The molecule has 170 valence electrons. The first kappa shape index (κ1) is 23.3. The van der Waals surface area contributed by atoms with E-state index in [0.29, 0.717) is 39.0 Å². The molecule has 2 N–H and O–H groups in total. The summed E-state index contributed by atoms with van der Waals surface area (Å²) < 4.78 is 5.59. The van der Waals surface area contributed by atoms with Gasteiger partial charge in [-0.05, 0) is 49.9 Å². The molecule has 0 unspecified atom stereocenters. The summed E-state index contributed by atoms with van der Waals surface area (Å²) in [6.45, 7) is 5.21. The molecule has 1 saturated heterocycles. The molecule has 0 radical (unpaired) electrons. The predicted molar refractivity (Wildman–Crippen MR) is 123 cm³/mol. The number of benzene rings is 2. The van der Waals surface area contributed by atoms with Crippen LogP contribution in [0.5, 0.6) is 5.75 Å². The molecule has 0 spiro atoms. The summed E-state index contributed by atoms with van der Waals surface area (Å²) in [5.41, 5.74) is 2.75. The number of nitrogens with zero attached hydrogens (tertiary/aromatic N) is 1. The smallest absolute Gasteiger partial charge is 0.243 e. The summed E-state index contributed by atoms with van der Waals surface area (Å²) in [4.78, 5) is 38.9.